The van der Waals surface area contributed by atoms with Crippen LogP contribution in [0.2, 0.25) is 0 Å². The highest BCUT2D eigenvalue weighted by molar-refractivity contribution is 5.19. The van der Waals surface area contributed by atoms with Gasteiger partial charge in [0.2, 0.25) is 0 Å². The van der Waals surface area contributed by atoms with E-state index in [2.05, 4.69) is 25.3 Å². The van der Waals surface area contributed by atoms with E-state index in [0.29, 0.717) is 17.6 Å². The maximum atomic E-state index is 5.49. The van der Waals surface area contributed by atoms with Crippen molar-refractivity contribution in [3.63, 3.8) is 0 Å². The molecule has 0 aliphatic carbocycles. The van der Waals surface area contributed by atoms with E-state index in [1.54, 1.807) is 0 Å². The van der Waals surface area contributed by atoms with Gasteiger partial charge in [-0.3, -0.25) is 4.90 Å². The molecule has 2 aliphatic rings. The molecule has 0 saturated carbocycles. The van der Waals surface area contributed by atoms with Crippen LogP contribution in [0, 0.1) is 5.92 Å². The normalized spacial score (nSPS) is 38.3. The lowest BCUT2D eigenvalue weighted by Gasteiger charge is -2.35. The molecule has 2 rings (SSSR count). The van der Waals surface area contributed by atoms with E-state index in [-0.39, 0.29) is 0 Å². The quantitative estimate of drug-likeness (QED) is 0.625. The Labute approximate surface area is 86.9 Å². The Morgan fingerprint density at radius 2 is 2.29 bits per heavy atom. The van der Waals surface area contributed by atoms with Crippen LogP contribution in [0.15, 0.2) is 12.2 Å². The lowest BCUT2D eigenvalue weighted by Crippen LogP contribution is -2.42. The SMILES string of the molecule is C=C1CN2C[C@H](OC)C[C@]2(C(C)C)C1. The first kappa shape index (κ1) is 10.2. The highest BCUT2D eigenvalue weighted by atomic mass is 16.5. The molecule has 0 aromatic carbocycles. The van der Waals surface area contributed by atoms with Crippen LogP contribution in [-0.2, 0) is 4.74 Å². The molecular formula is C12H21NO. The summed E-state index contributed by atoms with van der Waals surface area (Å²) in [5.41, 5.74) is 1.76. The van der Waals surface area contributed by atoms with Gasteiger partial charge in [0.05, 0.1) is 6.10 Å². The zero-order valence-corrected chi connectivity index (χ0v) is 9.55. The van der Waals surface area contributed by atoms with Crippen molar-refractivity contribution < 1.29 is 4.74 Å². The first-order valence-corrected chi connectivity index (χ1v) is 5.53. The van der Waals surface area contributed by atoms with Crippen LogP contribution in [0.1, 0.15) is 26.7 Å². The minimum atomic E-state index is 0.359. The average molecular weight is 195 g/mol. The first-order chi connectivity index (χ1) is 6.58. The predicted molar refractivity (Wildman–Crippen MR) is 58.3 cm³/mol. The second kappa shape index (κ2) is 3.35. The fraction of sp³-hybridized carbons (Fsp3) is 0.833. The number of nitrogens with zero attached hydrogens (tertiary/aromatic N) is 1. The molecule has 14 heavy (non-hydrogen) atoms. The number of fused-ring (bicyclic) bond motifs is 1. The van der Waals surface area contributed by atoms with Crippen molar-refractivity contribution in [2.24, 2.45) is 5.92 Å². The Morgan fingerprint density at radius 1 is 1.57 bits per heavy atom. The molecule has 2 heteroatoms. The molecule has 0 unspecified atom stereocenters. The lowest BCUT2D eigenvalue weighted by atomic mass is 9.81. The summed E-state index contributed by atoms with van der Waals surface area (Å²) in [6.07, 6.45) is 2.79. The van der Waals surface area contributed by atoms with Crippen molar-refractivity contribution in [2.75, 3.05) is 20.2 Å². The Hall–Kier alpha value is -0.340. The van der Waals surface area contributed by atoms with E-state index in [1.165, 1.54) is 18.4 Å². The molecule has 80 valence electrons. The van der Waals surface area contributed by atoms with E-state index in [0.717, 1.165) is 13.1 Å². The monoisotopic (exact) mass is 195 g/mol. The van der Waals surface area contributed by atoms with Gasteiger partial charge < -0.3 is 4.74 Å². The molecule has 2 aliphatic heterocycles. The lowest BCUT2D eigenvalue weighted by molar-refractivity contribution is 0.107. The van der Waals surface area contributed by atoms with Gasteiger partial charge in [-0.1, -0.05) is 26.0 Å². The average Bonchev–Trinajstić information content (AvgIpc) is 2.57. The molecule has 0 radical (unpaired) electrons. The van der Waals surface area contributed by atoms with Gasteiger partial charge in [0.15, 0.2) is 0 Å². The van der Waals surface area contributed by atoms with Crippen molar-refractivity contribution in [3.05, 3.63) is 12.2 Å². The van der Waals surface area contributed by atoms with E-state index < -0.39 is 0 Å². The summed E-state index contributed by atoms with van der Waals surface area (Å²) in [7, 11) is 1.83. The van der Waals surface area contributed by atoms with E-state index in [4.69, 9.17) is 4.74 Å². The Balaban J connectivity index is 2.21. The minimum absolute atomic E-state index is 0.359. The third-order valence-corrected chi connectivity index (χ3v) is 4.01. The fourth-order valence-corrected chi connectivity index (χ4v) is 3.14. The predicted octanol–water partition coefficient (Wildman–Crippen LogP) is 2.06. The summed E-state index contributed by atoms with van der Waals surface area (Å²) < 4.78 is 5.49. The Bertz CT molecular complexity index is 249. The van der Waals surface area contributed by atoms with Crippen LogP contribution in [0.4, 0.5) is 0 Å². The summed E-state index contributed by atoms with van der Waals surface area (Å²) in [4.78, 5) is 2.58. The van der Waals surface area contributed by atoms with Crippen LogP contribution in [-0.4, -0.2) is 36.7 Å². The van der Waals surface area contributed by atoms with Gasteiger partial charge >= 0.3 is 0 Å². The van der Waals surface area contributed by atoms with E-state index in [9.17, 15) is 0 Å². The van der Waals surface area contributed by atoms with Gasteiger partial charge in [-0.15, -0.1) is 0 Å². The number of rotatable bonds is 2. The van der Waals surface area contributed by atoms with Gasteiger partial charge in [0.25, 0.3) is 0 Å². The second-order valence-corrected chi connectivity index (χ2v) is 5.13. The number of hydrogen-bond acceptors (Lipinski definition) is 2. The summed E-state index contributed by atoms with van der Waals surface area (Å²) in [6.45, 7) is 11.0. The van der Waals surface area contributed by atoms with Gasteiger partial charge in [-0.05, 0) is 18.8 Å². The molecule has 0 amide bonds. The number of ether oxygens (including phenoxy) is 1. The molecular weight excluding hydrogens is 174 g/mol. The smallest absolute Gasteiger partial charge is 0.0716 e. The maximum Gasteiger partial charge on any atom is 0.0716 e. The minimum Gasteiger partial charge on any atom is -0.380 e. The zero-order chi connectivity index (χ0) is 10.3. The second-order valence-electron chi connectivity index (χ2n) is 5.13. The van der Waals surface area contributed by atoms with Crippen molar-refractivity contribution >= 4 is 0 Å². The molecule has 0 aromatic heterocycles. The molecule has 0 aromatic rings. The maximum absolute atomic E-state index is 5.49. The summed E-state index contributed by atoms with van der Waals surface area (Å²) in [5, 5.41) is 0. The van der Waals surface area contributed by atoms with Crippen LogP contribution < -0.4 is 0 Å². The van der Waals surface area contributed by atoms with Crippen LogP contribution >= 0.6 is 0 Å². The van der Waals surface area contributed by atoms with Crippen LogP contribution in [0.3, 0.4) is 0 Å². The molecule has 2 nitrogen and oxygen atoms in total. The van der Waals surface area contributed by atoms with Gasteiger partial charge in [0.1, 0.15) is 0 Å². The summed E-state index contributed by atoms with van der Waals surface area (Å²) in [6, 6.07) is 0. The zero-order valence-electron chi connectivity index (χ0n) is 9.55. The molecule has 2 heterocycles. The van der Waals surface area contributed by atoms with Crippen molar-refractivity contribution in [3.8, 4) is 0 Å². The van der Waals surface area contributed by atoms with Gasteiger partial charge in [-0.25, -0.2) is 0 Å². The van der Waals surface area contributed by atoms with E-state index >= 15 is 0 Å². The molecule has 0 spiro atoms. The van der Waals surface area contributed by atoms with Crippen molar-refractivity contribution in [2.45, 2.75) is 38.3 Å². The Morgan fingerprint density at radius 3 is 2.79 bits per heavy atom. The Kier molecular flexibility index (Phi) is 2.44. The summed E-state index contributed by atoms with van der Waals surface area (Å²) in [5.74, 6) is 0.696. The number of methoxy groups -OCH3 is 1. The largest absolute Gasteiger partial charge is 0.380 e. The molecule has 2 saturated heterocycles. The third-order valence-electron chi connectivity index (χ3n) is 4.01. The highest BCUT2D eigenvalue weighted by Gasteiger charge is 2.51. The van der Waals surface area contributed by atoms with Crippen LogP contribution in [0.5, 0.6) is 0 Å². The highest BCUT2D eigenvalue weighted by Crippen LogP contribution is 2.46. The molecule has 0 bridgehead atoms. The molecule has 0 N–H and O–H groups in total. The van der Waals surface area contributed by atoms with Crippen LogP contribution in [0.25, 0.3) is 0 Å². The summed E-state index contributed by atoms with van der Waals surface area (Å²) >= 11 is 0. The van der Waals surface area contributed by atoms with E-state index in [1.807, 2.05) is 7.11 Å². The fourth-order valence-electron chi connectivity index (χ4n) is 3.14. The standard InChI is InChI=1S/C12H21NO/c1-9(2)12-5-10(3)7-13(12)8-11(6-12)14-4/h9,11H,3,5-8H2,1-2,4H3/t11-,12+/m1/s1. The first-order valence-electron chi connectivity index (χ1n) is 5.53. The van der Waals surface area contributed by atoms with Gasteiger partial charge in [0, 0.05) is 25.7 Å². The van der Waals surface area contributed by atoms with Crippen molar-refractivity contribution in [1.82, 2.24) is 4.90 Å². The number of hydrogen-bond donors (Lipinski definition) is 0. The molecule has 2 fully saturated rings. The van der Waals surface area contributed by atoms with Gasteiger partial charge in [-0.2, -0.15) is 0 Å². The topological polar surface area (TPSA) is 12.5 Å². The molecule has 2 atom stereocenters. The third kappa shape index (κ3) is 1.32. The van der Waals surface area contributed by atoms with Crippen molar-refractivity contribution in [1.29, 1.82) is 0 Å².